The van der Waals surface area contributed by atoms with Crippen LogP contribution in [0.25, 0.3) is 0 Å². The molecule has 0 saturated heterocycles. The molecular weight excluding hydrogens is 482 g/mol. The van der Waals surface area contributed by atoms with E-state index in [0.29, 0.717) is 10.0 Å². The molecule has 0 saturated carbocycles. The van der Waals surface area contributed by atoms with Gasteiger partial charge in [-0.2, -0.15) is 0 Å². The van der Waals surface area contributed by atoms with Gasteiger partial charge in [-0.3, -0.25) is 0 Å². The van der Waals surface area contributed by atoms with Crippen molar-refractivity contribution in [3.05, 3.63) is 101 Å². The quantitative estimate of drug-likeness (QED) is 0.398. The summed E-state index contributed by atoms with van der Waals surface area (Å²) in [5.41, 5.74) is 2.49. The van der Waals surface area contributed by atoms with Crippen molar-refractivity contribution >= 4 is 23.2 Å². The summed E-state index contributed by atoms with van der Waals surface area (Å²) in [4.78, 5) is 0. The third-order valence-electron chi connectivity index (χ3n) is 5.28. The second-order valence-electron chi connectivity index (χ2n) is 7.26. The van der Waals surface area contributed by atoms with E-state index in [1.54, 1.807) is 0 Å². The summed E-state index contributed by atoms with van der Waals surface area (Å²) in [5, 5.41) is 1.38. The molecular formula is C24H22Cl2O2Zr. The Morgan fingerprint density at radius 2 is 1.03 bits per heavy atom. The molecule has 0 fully saturated rings. The van der Waals surface area contributed by atoms with Gasteiger partial charge in [0, 0.05) is 0 Å². The Morgan fingerprint density at radius 1 is 0.655 bits per heavy atom. The zero-order valence-corrected chi connectivity index (χ0v) is 20.4. The number of rotatable bonds is 6. The summed E-state index contributed by atoms with van der Waals surface area (Å²) in [6.45, 7) is 4.30. The van der Waals surface area contributed by atoms with E-state index < -0.39 is 21.1 Å². The molecule has 0 aliphatic heterocycles. The Labute approximate surface area is 187 Å². The maximum atomic E-state index is 6.90. The van der Waals surface area contributed by atoms with Gasteiger partial charge < -0.3 is 0 Å². The van der Waals surface area contributed by atoms with Crippen LogP contribution in [0.3, 0.4) is 0 Å². The molecule has 2 aliphatic carbocycles. The molecule has 0 spiro atoms. The summed E-state index contributed by atoms with van der Waals surface area (Å²) >= 11 is 8.18. The standard InChI is InChI=1S/2C6H5ClO.2C6H7.Zr/c2*7-5-1-3-6(8)4-2-5;2*1-6-4-2-3-5-6;/h2*1-4,8H;2*2,4H,3H2,1H3;/q;;;;+2/p-2. The van der Waals surface area contributed by atoms with E-state index in [0.717, 1.165) is 24.3 Å². The zero-order chi connectivity index (χ0) is 20.4. The van der Waals surface area contributed by atoms with Crippen LogP contribution >= 0.6 is 23.2 Å². The van der Waals surface area contributed by atoms with E-state index in [1.807, 2.05) is 48.5 Å². The molecule has 0 N–H and O–H groups in total. The predicted molar refractivity (Wildman–Crippen MR) is 117 cm³/mol. The Morgan fingerprint density at radius 3 is 1.34 bits per heavy atom. The van der Waals surface area contributed by atoms with Gasteiger partial charge in [-0.25, -0.2) is 0 Å². The van der Waals surface area contributed by atoms with Crippen LogP contribution in [0.4, 0.5) is 0 Å². The van der Waals surface area contributed by atoms with Crippen molar-refractivity contribution in [2.75, 3.05) is 0 Å². The van der Waals surface area contributed by atoms with Crippen LogP contribution in [0.1, 0.15) is 26.7 Å². The van der Waals surface area contributed by atoms with Gasteiger partial charge in [0.1, 0.15) is 0 Å². The first-order chi connectivity index (χ1) is 14.0. The van der Waals surface area contributed by atoms with Gasteiger partial charge in [0.2, 0.25) is 0 Å². The molecule has 148 valence electrons. The Hall–Kier alpha value is -1.54. The van der Waals surface area contributed by atoms with E-state index in [-0.39, 0.29) is 0 Å². The van der Waals surface area contributed by atoms with Crippen molar-refractivity contribution in [1.82, 2.24) is 0 Å². The third-order valence-corrected chi connectivity index (χ3v) is 15.2. The SMILES string of the molecule is CC1=[C]([Zr]([O]c2ccc(Cl)cc2)([O]c2ccc(Cl)cc2)[C]2=C(C)C=CC2)CC=C1. The first-order valence-corrected chi connectivity index (χ1v) is 14.8. The average Bonchev–Trinajstić information content (AvgIpc) is 3.33. The fourth-order valence-electron chi connectivity index (χ4n) is 3.80. The minimum absolute atomic E-state index is 0.688. The van der Waals surface area contributed by atoms with E-state index >= 15 is 0 Å². The molecule has 0 amide bonds. The molecule has 0 bridgehead atoms. The predicted octanol–water partition coefficient (Wildman–Crippen LogP) is 7.90. The van der Waals surface area contributed by atoms with Gasteiger partial charge in [-0.05, 0) is 0 Å². The van der Waals surface area contributed by atoms with E-state index in [1.165, 1.54) is 17.7 Å². The van der Waals surface area contributed by atoms with Gasteiger partial charge >= 0.3 is 189 Å². The fraction of sp³-hybridized carbons (Fsp3) is 0.167. The molecule has 2 aliphatic rings. The van der Waals surface area contributed by atoms with E-state index in [4.69, 9.17) is 28.8 Å². The zero-order valence-electron chi connectivity index (χ0n) is 16.4. The number of allylic oxidation sites excluding steroid dienone is 8. The Bertz CT molecular complexity index is 946. The summed E-state index contributed by atoms with van der Waals surface area (Å²) in [6.07, 6.45) is 10.5. The van der Waals surface area contributed by atoms with Crippen LogP contribution in [-0.2, 0) is 21.1 Å². The molecule has 29 heavy (non-hydrogen) atoms. The molecule has 2 nitrogen and oxygen atoms in total. The summed E-state index contributed by atoms with van der Waals surface area (Å²) in [7, 11) is 0. The molecule has 0 heterocycles. The van der Waals surface area contributed by atoms with Crippen LogP contribution in [0.5, 0.6) is 11.5 Å². The van der Waals surface area contributed by atoms with Crippen LogP contribution < -0.4 is 5.63 Å². The monoisotopic (exact) mass is 502 g/mol. The number of benzene rings is 2. The molecule has 0 radical (unpaired) electrons. The third kappa shape index (κ3) is 4.33. The number of hydrogen-bond donors (Lipinski definition) is 0. The van der Waals surface area contributed by atoms with Crippen molar-refractivity contribution in [2.24, 2.45) is 0 Å². The number of hydrogen-bond acceptors (Lipinski definition) is 2. The van der Waals surface area contributed by atoms with Crippen molar-refractivity contribution in [3.63, 3.8) is 0 Å². The molecule has 5 heteroatoms. The van der Waals surface area contributed by atoms with Crippen molar-refractivity contribution in [1.29, 1.82) is 0 Å². The maximum absolute atomic E-state index is 6.90. The topological polar surface area (TPSA) is 18.5 Å². The van der Waals surface area contributed by atoms with Crippen LogP contribution in [-0.4, -0.2) is 0 Å². The van der Waals surface area contributed by atoms with Gasteiger partial charge in [-0.15, -0.1) is 0 Å². The Kier molecular flexibility index (Phi) is 6.20. The molecule has 4 rings (SSSR count). The van der Waals surface area contributed by atoms with E-state index in [9.17, 15) is 0 Å². The van der Waals surface area contributed by atoms with Gasteiger partial charge in [0.15, 0.2) is 0 Å². The van der Waals surface area contributed by atoms with Crippen LogP contribution in [0, 0.1) is 0 Å². The molecule has 2 aromatic rings. The minimum atomic E-state index is -4.03. The summed E-state index contributed by atoms with van der Waals surface area (Å²) < 4.78 is 16.4. The van der Waals surface area contributed by atoms with Crippen LogP contribution in [0.2, 0.25) is 10.0 Å². The van der Waals surface area contributed by atoms with Gasteiger partial charge in [-0.1, -0.05) is 0 Å². The Balaban J connectivity index is 1.86. The summed E-state index contributed by atoms with van der Waals surface area (Å²) in [6, 6.07) is 15.1. The van der Waals surface area contributed by atoms with Crippen molar-refractivity contribution < 1.29 is 26.8 Å². The number of halogens is 2. The molecule has 0 unspecified atom stereocenters. The van der Waals surface area contributed by atoms with Gasteiger partial charge in [0.05, 0.1) is 0 Å². The van der Waals surface area contributed by atoms with Crippen LogP contribution in [0.15, 0.2) is 90.5 Å². The van der Waals surface area contributed by atoms with Crippen molar-refractivity contribution in [2.45, 2.75) is 26.7 Å². The normalized spacial score (nSPS) is 16.1. The average molecular weight is 505 g/mol. The first-order valence-electron chi connectivity index (χ1n) is 9.60. The van der Waals surface area contributed by atoms with Crippen molar-refractivity contribution in [3.8, 4) is 11.5 Å². The summed E-state index contributed by atoms with van der Waals surface area (Å²) in [5.74, 6) is 1.58. The van der Waals surface area contributed by atoms with Gasteiger partial charge in [0.25, 0.3) is 0 Å². The molecule has 0 atom stereocenters. The van der Waals surface area contributed by atoms with E-state index in [2.05, 4.69) is 38.2 Å². The first kappa shape index (κ1) is 20.7. The molecule has 2 aromatic carbocycles. The second kappa shape index (κ2) is 8.68. The fourth-order valence-corrected chi connectivity index (χ4v) is 13.4. The molecule has 0 aromatic heterocycles. The second-order valence-corrected chi connectivity index (χ2v) is 15.1.